The van der Waals surface area contributed by atoms with Gasteiger partial charge in [0.1, 0.15) is 0 Å². The van der Waals surface area contributed by atoms with Crippen LogP contribution >= 0.6 is 0 Å². The Morgan fingerprint density at radius 1 is 1.32 bits per heavy atom. The third-order valence-corrected chi connectivity index (χ3v) is 3.27. The lowest BCUT2D eigenvalue weighted by Crippen LogP contribution is -2.40. The fourth-order valence-corrected chi connectivity index (χ4v) is 2.25. The van der Waals surface area contributed by atoms with Gasteiger partial charge in [0, 0.05) is 13.1 Å². The molecule has 4 nitrogen and oxygen atoms in total. The van der Waals surface area contributed by atoms with E-state index in [1.807, 2.05) is 30.3 Å². The van der Waals surface area contributed by atoms with Crippen molar-refractivity contribution in [2.24, 2.45) is 5.41 Å². The number of hydrogen-bond acceptors (Lipinski definition) is 2. The molecule has 0 spiro atoms. The quantitative estimate of drug-likeness (QED) is 0.869. The van der Waals surface area contributed by atoms with Crippen LogP contribution in [0.25, 0.3) is 0 Å². The molecule has 2 amide bonds. The third-order valence-electron chi connectivity index (χ3n) is 3.27. The maximum absolute atomic E-state index is 12.3. The molecule has 102 valence electrons. The molecule has 1 aromatic carbocycles. The zero-order valence-corrected chi connectivity index (χ0v) is 11.5. The molecular weight excluding hydrogens is 240 g/mol. The predicted molar refractivity (Wildman–Crippen MR) is 73.5 cm³/mol. The van der Waals surface area contributed by atoms with Crippen LogP contribution < -0.4 is 5.32 Å². The molecule has 1 heterocycles. The Morgan fingerprint density at radius 3 is 2.68 bits per heavy atom. The number of hydrogen-bond donors (Lipinski definition) is 1. The van der Waals surface area contributed by atoms with Gasteiger partial charge in [0.15, 0.2) is 0 Å². The lowest BCUT2D eigenvalue weighted by molar-refractivity contribution is -0.135. The van der Waals surface area contributed by atoms with Gasteiger partial charge in [-0.05, 0) is 11.0 Å². The summed E-state index contributed by atoms with van der Waals surface area (Å²) in [5, 5.41) is 2.85. The van der Waals surface area contributed by atoms with Gasteiger partial charge in [0.2, 0.25) is 11.8 Å². The van der Waals surface area contributed by atoms with Crippen LogP contribution in [0, 0.1) is 5.41 Å². The number of nitrogens with zero attached hydrogens (tertiary/aromatic N) is 1. The van der Waals surface area contributed by atoms with E-state index in [9.17, 15) is 9.59 Å². The lowest BCUT2D eigenvalue weighted by Gasteiger charge is -2.28. The first-order valence-corrected chi connectivity index (χ1v) is 6.55. The Bertz CT molecular complexity index is 468. The highest BCUT2D eigenvalue weighted by Crippen LogP contribution is 2.18. The second kappa shape index (κ2) is 5.43. The van der Waals surface area contributed by atoms with Crippen molar-refractivity contribution < 1.29 is 9.59 Å². The minimum atomic E-state index is -0.0848. The summed E-state index contributed by atoms with van der Waals surface area (Å²) >= 11 is 0. The Balaban J connectivity index is 2.06. The predicted octanol–water partition coefficient (Wildman–Crippen LogP) is 1.21. The van der Waals surface area contributed by atoms with Gasteiger partial charge >= 0.3 is 0 Å². The van der Waals surface area contributed by atoms with Gasteiger partial charge in [-0.25, -0.2) is 0 Å². The van der Waals surface area contributed by atoms with Crippen LogP contribution in [0.5, 0.6) is 0 Å². The van der Waals surface area contributed by atoms with Gasteiger partial charge in [-0.1, -0.05) is 44.2 Å². The minimum absolute atomic E-state index is 0.0105. The Morgan fingerprint density at radius 2 is 2.00 bits per heavy atom. The maximum Gasteiger partial charge on any atom is 0.239 e. The molecule has 2 rings (SSSR count). The number of rotatable bonds is 2. The van der Waals surface area contributed by atoms with Gasteiger partial charge in [-0.2, -0.15) is 0 Å². The van der Waals surface area contributed by atoms with Crippen molar-refractivity contribution in [2.75, 3.05) is 19.6 Å². The molecule has 19 heavy (non-hydrogen) atoms. The van der Waals surface area contributed by atoms with Crippen molar-refractivity contribution in [2.45, 2.75) is 20.3 Å². The molecule has 1 aromatic rings. The lowest BCUT2D eigenvalue weighted by atomic mass is 9.93. The third kappa shape index (κ3) is 3.81. The van der Waals surface area contributed by atoms with Crippen LogP contribution in [0.3, 0.4) is 0 Å². The molecule has 1 saturated heterocycles. The molecule has 0 saturated carbocycles. The Kier molecular flexibility index (Phi) is 3.88. The van der Waals surface area contributed by atoms with E-state index < -0.39 is 0 Å². The SMILES string of the molecule is CC1(C)CNC(=O)CN(C(=O)Cc2ccccc2)C1. The van der Waals surface area contributed by atoms with E-state index in [2.05, 4.69) is 19.2 Å². The van der Waals surface area contributed by atoms with E-state index in [4.69, 9.17) is 0 Å². The van der Waals surface area contributed by atoms with Crippen molar-refractivity contribution in [3.63, 3.8) is 0 Å². The van der Waals surface area contributed by atoms with Crippen molar-refractivity contribution in [3.8, 4) is 0 Å². The molecule has 4 heteroatoms. The highest BCUT2D eigenvalue weighted by Gasteiger charge is 2.30. The number of carbonyl (C=O) groups is 2. The van der Waals surface area contributed by atoms with E-state index in [0.29, 0.717) is 19.5 Å². The first-order chi connectivity index (χ1) is 8.96. The fraction of sp³-hybridized carbons (Fsp3) is 0.467. The highest BCUT2D eigenvalue weighted by atomic mass is 16.2. The van der Waals surface area contributed by atoms with Crippen molar-refractivity contribution in [3.05, 3.63) is 35.9 Å². The molecule has 0 aliphatic carbocycles. The van der Waals surface area contributed by atoms with Gasteiger partial charge in [0.25, 0.3) is 0 Å². The standard InChI is InChI=1S/C15H20N2O2/c1-15(2)10-16-13(18)9-17(11-15)14(19)8-12-6-4-3-5-7-12/h3-7H,8-11H2,1-2H3,(H,16,18). The minimum Gasteiger partial charge on any atom is -0.354 e. The topological polar surface area (TPSA) is 49.4 Å². The van der Waals surface area contributed by atoms with Crippen LogP contribution in [0.15, 0.2) is 30.3 Å². The molecule has 1 aliphatic rings. The van der Waals surface area contributed by atoms with Crippen LogP contribution in [-0.2, 0) is 16.0 Å². The fourth-order valence-electron chi connectivity index (χ4n) is 2.25. The molecular formula is C15H20N2O2. The molecule has 0 bridgehead atoms. The first kappa shape index (κ1) is 13.6. The molecule has 1 N–H and O–H groups in total. The summed E-state index contributed by atoms with van der Waals surface area (Å²) in [6.45, 7) is 5.50. The van der Waals surface area contributed by atoms with E-state index >= 15 is 0 Å². The van der Waals surface area contributed by atoms with Gasteiger partial charge in [0.05, 0.1) is 13.0 Å². The van der Waals surface area contributed by atoms with Gasteiger partial charge in [-0.15, -0.1) is 0 Å². The molecule has 0 unspecified atom stereocenters. The average molecular weight is 260 g/mol. The van der Waals surface area contributed by atoms with Crippen LogP contribution in [0.2, 0.25) is 0 Å². The summed E-state index contributed by atoms with van der Waals surface area (Å²) in [7, 11) is 0. The van der Waals surface area contributed by atoms with Gasteiger partial charge in [-0.3, -0.25) is 9.59 Å². The molecule has 0 atom stereocenters. The molecule has 1 fully saturated rings. The largest absolute Gasteiger partial charge is 0.354 e. The zero-order valence-electron chi connectivity index (χ0n) is 11.5. The van der Waals surface area contributed by atoms with Crippen LogP contribution in [0.4, 0.5) is 0 Å². The number of amides is 2. The summed E-state index contributed by atoms with van der Waals surface area (Å²) in [6.07, 6.45) is 0.351. The highest BCUT2D eigenvalue weighted by molar-refractivity contribution is 5.86. The van der Waals surface area contributed by atoms with E-state index in [1.54, 1.807) is 4.90 Å². The summed E-state index contributed by atoms with van der Waals surface area (Å²) < 4.78 is 0. The smallest absolute Gasteiger partial charge is 0.239 e. The normalized spacial score (nSPS) is 18.6. The van der Waals surface area contributed by atoms with E-state index in [1.165, 1.54) is 0 Å². The summed E-state index contributed by atoms with van der Waals surface area (Å²) in [5.41, 5.74) is 0.897. The Labute approximate surface area is 113 Å². The monoisotopic (exact) mass is 260 g/mol. The Hall–Kier alpha value is -1.84. The summed E-state index contributed by atoms with van der Waals surface area (Å²) in [6, 6.07) is 9.63. The molecule has 0 aromatic heterocycles. The van der Waals surface area contributed by atoms with Crippen LogP contribution in [0.1, 0.15) is 19.4 Å². The average Bonchev–Trinajstić information content (AvgIpc) is 2.50. The maximum atomic E-state index is 12.3. The second-order valence-corrected chi connectivity index (χ2v) is 5.85. The zero-order chi connectivity index (χ0) is 13.9. The summed E-state index contributed by atoms with van der Waals surface area (Å²) in [5.74, 6) is -0.0664. The first-order valence-electron chi connectivity index (χ1n) is 6.55. The van der Waals surface area contributed by atoms with E-state index in [-0.39, 0.29) is 23.8 Å². The summed E-state index contributed by atoms with van der Waals surface area (Å²) in [4.78, 5) is 25.6. The number of carbonyl (C=O) groups excluding carboxylic acids is 2. The van der Waals surface area contributed by atoms with Gasteiger partial charge < -0.3 is 10.2 Å². The second-order valence-electron chi connectivity index (χ2n) is 5.85. The van der Waals surface area contributed by atoms with Crippen molar-refractivity contribution in [1.82, 2.24) is 10.2 Å². The van der Waals surface area contributed by atoms with Crippen molar-refractivity contribution >= 4 is 11.8 Å². The molecule has 0 radical (unpaired) electrons. The molecule has 1 aliphatic heterocycles. The van der Waals surface area contributed by atoms with Crippen molar-refractivity contribution in [1.29, 1.82) is 0 Å². The van der Waals surface area contributed by atoms with Crippen LogP contribution in [-0.4, -0.2) is 36.3 Å². The number of benzene rings is 1. The van der Waals surface area contributed by atoms with E-state index in [0.717, 1.165) is 5.56 Å². The number of nitrogens with one attached hydrogen (secondary N) is 1.